The minimum absolute atomic E-state index is 0.236. The van der Waals surface area contributed by atoms with Crippen LogP contribution >= 0.6 is 11.3 Å². The number of carbonyl (C=O) groups is 2. The molecule has 0 saturated heterocycles. The van der Waals surface area contributed by atoms with E-state index in [1.54, 1.807) is 48.6 Å². The van der Waals surface area contributed by atoms with E-state index in [-0.39, 0.29) is 12.5 Å². The second-order valence-electron chi connectivity index (χ2n) is 5.04. The normalized spacial score (nSPS) is 10.3. The molecule has 2 rings (SSSR count). The van der Waals surface area contributed by atoms with Crippen molar-refractivity contribution in [3.8, 4) is 0 Å². The molecule has 1 amide bonds. The number of esters is 1. The van der Waals surface area contributed by atoms with Gasteiger partial charge in [-0.2, -0.15) is 0 Å². The molecule has 122 valence electrons. The predicted octanol–water partition coefficient (Wildman–Crippen LogP) is 2.71. The van der Waals surface area contributed by atoms with Crippen LogP contribution in [0, 0.1) is 0 Å². The first-order valence-electron chi connectivity index (χ1n) is 7.11. The third kappa shape index (κ3) is 5.19. The van der Waals surface area contributed by atoms with Crippen LogP contribution in [0.1, 0.15) is 20.8 Å². The Kier molecular flexibility index (Phi) is 6.31. The van der Waals surface area contributed by atoms with Crippen LogP contribution in [0.3, 0.4) is 0 Å². The van der Waals surface area contributed by atoms with Crippen LogP contribution in [0.2, 0.25) is 0 Å². The number of nitrogens with zero attached hydrogens (tertiary/aromatic N) is 1. The van der Waals surface area contributed by atoms with Crippen molar-refractivity contribution in [2.24, 2.45) is 0 Å². The molecule has 6 heteroatoms. The first-order valence-corrected chi connectivity index (χ1v) is 7.99. The van der Waals surface area contributed by atoms with Crippen LogP contribution in [0.4, 0.5) is 0 Å². The van der Waals surface area contributed by atoms with Crippen LogP contribution < -0.4 is 0 Å². The summed E-state index contributed by atoms with van der Waals surface area (Å²) in [6.45, 7) is 0.663. The Morgan fingerprint density at radius 3 is 2.74 bits per heavy atom. The number of methoxy groups -OCH3 is 1. The molecule has 0 aliphatic carbocycles. The molecule has 0 spiro atoms. The lowest BCUT2D eigenvalue weighted by atomic mass is 10.1. The van der Waals surface area contributed by atoms with Gasteiger partial charge in [-0.25, -0.2) is 4.79 Å². The van der Waals surface area contributed by atoms with Crippen LogP contribution in [0.15, 0.2) is 41.8 Å². The molecule has 0 bridgehead atoms. The first-order chi connectivity index (χ1) is 11.1. The highest BCUT2D eigenvalue weighted by molar-refractivity contribution is 7.09. The second-order valence-corrected chi connectivity index (χ2v) is 6.07. The van der Waals surface area contributed by atoms with Gasteiger partial charge in [0, 0.05) is 19.0 Å². The molecule has 23 heavy (non-hydrogen) atoms. The summed E-state index contributed by atoms with van der Waals surface area (Å²) in [6, 6.07) is 10.9. The van der Waals surface area contributed by atoms with Gasteiger partial charge in [0.15, 0.2) is 6.61 Å². The topological polar surface area (TPSA) is 55.8 Å². The Hall–Kier alpha value is -2.18. The largest absolute Gasteiger partial charge is 0.452 e. The van der Waals surface area contributed by atoms with E-state index in [1.807, 2.05) is 23.6 Å². The molecule has 0 aliphatic rings. The summed E-state index contributed by atoms with van der Waals surface area (Å²) >= 11 is 1.58. The molecular weight excluding hydrogens is 314 g/mol. The van der Waals surface area contributed by atoms with E-state index < -0.39 is 5.97 Å². The van der Waals surface area contributed by atoms with Gasteiger partial charge in [-0.1, -0.05) is 18.2 Å². The fraction of sp³-hybridized carbons (Fsp3) is 0.294. The number of ether oxygens (including phenoxy) is 2. The zero-order valence-corrected chi connectivity index (χ0v) is 14.0. The summed E-state index contributed by atoms with van der Waals surface area (Å²) in [6.07, 6.45) is 0. The van der Waals surface area contributed by atoms with Crippen molar-refractivity contribution in [2.45, 2.75) is 13.2 Å². The molecule has 1 aromatic carbocycles. The van der Waals surface area contributed by atoms with E-state index in [9.17, 15) is 9.59 Å². The molecule has 0 aliphatic heterocycles. The molecular formula is C17H19NO4S. The minimum atomic E-state index is -0.513. The monoisotopic (exact) mass is 333 g/mol. The van der Waals surface area contributed by atoms with Gasteiger partial charge in [-0.15, -0.1) is 11.3 Å². The summed E-state index contributed by atoms with van der Waals surface area (Å²) in [4.78, 5) is 26.6. The van der Waals surface area contributed by atoms with Crippen molar-refractivity contribution in [3.63, 3.8) is 0 Å². The van der Waals surface area contributed by atoms with E-state index >= 15 is 0 Å². The van der Waals surface area contributed by atoms with Crippen LogP contribution in [-0.4, -0.2) is 37.5 Å². The van der Waals surface area contributed by atoms with Crippen molar-refractivity contribution >= 4 is 23.2 Å². The lowest BCUT2D eigenvalue weighted by molar-refractivity contribution is -0.133. The lowest BCUT2D eigenvalue weighted by Crippen LogP contribution is -2.30. The van der Waals surface area contributed by atoms with E-state index in [0.717, 1.165) is 10.4 Å². The average molecular weight is 333 g/mol. The van der Waals surface area contributed by atoms with E-state index in [0.29, 0.717) is 18.7 Å². The van der Waals surface area contributed by atoms with Crippen molar-refractivity contribution in [3.05, 3.63) is 57.8 Å². The third-order valence-corrected chi connectivity index (χ3v) is 4.06. The maximum atomic E-state index is 12.0. The molecule has 0 radical (unpaired) electrons. The maximum Gasteiger partial charge on any atom is 0.338 e. The molecule has 2 aromatic rings. The van der Waals surface area contributed by atoms with Crippen molar-refractivity contribution in [2.75, 3.05) is 20.8 Å². The summed E-state index contributed by atoms with van der Waals surface area (Å²) in [5, 5.41) is 1.96. The van der Waals surface area contributed by atoms with Gasteiger partial charge >= 0.3 is 5.97 Å². The van der Waals surface area contributed by atoms with E-state index in [2.05, 4.69) is 0 Å². The highest BCUT2D eigenvalue weighted by Gasteiger charge is 2.14. The smallest absolute Gasteiger partial charge is 0.338 e. The van der Waals surface area contributed by atoms with Gasteiger partial charge < -0.3 is 14.4 Å². The number of amides is 1. The molecule has 0 fully saturated rings. The Labute approximate surface area is 139 Å². The summed E-state index contributed by atoms with van der Waals surface area (Å²) < 4.78 is 10.1. The van der Waals surface area contributed by atoms with Gasteiger partial charge in [0.1, 0.15) is 0 Å². The molecule has 1 heterocycles. The highest BCUT2D eigenvalue weighted by atomic mass is 32.1. The zero-order chi connectivity index (χ0) is 16.7. The second kappa shape index (κ2) is 8.45. The zero-order valence-electron chi connectivity index (χ0n) is 13.2. The Morgan fingerprint density at radius 2 is 2.04 bits per heavy atom. The third-order valence-electron chi connectivity index (χ3n) is 3.20. The quantitative estimate of drug-likeness (QED) is 0.731. The minimum Gasteiger partial charge on any atom is -0.452 e. The first kappa shape index (κ1) is 17.2. The number of hydrogen-bond donors (Lipinski definition) is 0. The number of hydrogen-bond acceptors (Lipinski definition) is 5. The van der Waals surface area contributed by atoms with Crippen LogP contribution in [0.25, 0.3) is 0 Å². The van der Waals surface area contributed by atoms with Gasteiger partial charge in [-0.3, -0.25) is 4.79 Å². The molecule has 0 atom stereocenters. The fourth-order valence-electron chi connectivity index (χ4n) is 2.00. The maximum absolute atomic E-state index is 12.0. The number of benzene rings is 1. The van der Waals surface area contributed by atoms with Crippen molar-refractivity contribution < 1.29 is 19.1 Å². The van der Waals surface area contributed by atoms with Crippen LogP contribution in [0.5, 0.6) is 0 Å². The molecule has 1 aromatic heterocycles. The Bertz CT molecular complexity index is 654. The standard InChI is InChI=1S/C17H19NO4S/c1-18(10-15-7-4-8-23-15)16(19)12-22-17(20)14-6-3-5-13(9-14)11-21-2/h3-9H,10-12H2,1-2H3. The predicted molar refractivity (Wildman–Crippen MR) is 88.2 cm³/mol. The Morgan fingerprint density at radius 1 is 1.22 bits per heavy atom. The van der Waals surface area contributed by atoms with Gasteiger partial charge in [0.05, 0.1) is 18.7 Å². The lowest BCUT2D eigenvalue weighted by Gasteiger charge is -2.16. The SMILES string of the molecule is COCc1cccc(C(=O)OCC(=O)N(C)Cc2cccs2)c1. The summed E-state index contributed by atoms with van der Waals surface area (Å²) in [5.41, 5.74) is 1.29. The van der Waals surface area contributed by atoms with Gasteiger partial charge in [0.2, 0.25) is 0 Å². The van der Waals surface area contributed by atoms with Crippen LogP contribution in [-0.2, 0) is 27.4 Å². The number of likely N-dealkylation sites (N-methyl/N-ethyl adjacent to an activating group) is 1. The van der Waals surface area contributed by atoms with Gasteiger partial charge in [0.25, 0.3) is 5.91 Å². The number of rotatable bonds is 7. The highest BCUT2D eigenvalue weighted by Crippen LogP contribution is 2.11. The molecule has 0 unspecified atom stereocenters. The van der Waals surface area contributed by atoms with E-state index in [4.69, 9.17) is 9.47 Å². The molecule has 0 saturated carbocycles. The Balaban J connectivity index is 1.85. The van der Waals surface area contributed by atoms with E-state index in [1.165, 1.54) is 0 Å². The molecule has 5 nitrogen and oxygen atoms in total. The fourth-order valence-corrected chi connectivity index (χ4v) is 2.76. The van der Waals surface area contributed by atoms with Gasteiger partial charge in [-0.05, 0) is 29.1 Å². The summed E-state index contributed by atoms with van der Waals surface area (Å²) in [5.74, 6) is -0.749. The number of carbonyl (C=O) groups excluding carboxylic acids is 2. The van der Waals surface area contributed by atoms with Crippen molar-refractivity contribution in [1.82, 2.24) is 4.90 Å². The summed E-state index contributed by atoms with van der Waals surface area (Å²) in [7, 11) is 3.28. The van der Waals surface area contributed by atoms with Crippen molar-refractivity contribution in [1.29, 1.82) is 0 Å². The molecule has 0 N–H and O–H groups in total. The average Bonchev–Trinajstić information content (AvgIpc) is 3.05. The number of thiophene rings is 1.